The summed E-state index contributed by atoms with van der Waals surface area (Å²) in [5, 5.41) is 17.0. The molecule has 0 radical (unpaired) electrons. The summed E-state index contributed by atoms with van der Waals surface area (Å²) in [5.74, 6) is 0.481. The maximum atomic E-state index is 10.5. The first kappa shape index (κ1) is 12.4. The van der Waals surface area contributed by atoms with Crippen molar-refractivity contribution < 1.29 is 4.92 Å². The van der Waals surface area contributed by atoms with Crippen LogP contribution < -0.4 is 0 Å². The maximum Gasteiger partial charge on any atom is 0.270 e. The summed E-state index contributed by atoms with van der Waals surface area (Å²) in [6, 6.07) is 4.17. The second-order valence-electron chi connectivity index (χ2n) is 2.76. The van der Waals surface area contributed by atoms with Gasteiger partial charge in [-0.2, -0.15) is 5.10 Å². The van der Waals surface area contributed by atoms with Crippen molar-refractivity contribution in [3.63, 3.8) is 0 Å². The first-order valence-electron chi connectivity index (χ1n) is 3.98. The molecule has 0 aliphatic rings. The highest BCUT2D eigenvalue weighted by atomic mass is 35.5. The van der Waals surface area contributed by atoms with Gasteiger partial charge in [0.25, 0.3) is 5.69 Å². The van der Waals surface area contributed by atoms with Gasteiger partial charge in [0.2, 0.25) is 0 Å². The molecule has 1 N–H and O–H groups in total. The third-order valence-corrected chi connectivity index (χ3v) is 2.15. The van der Waals surface area contributed by atoms with Crippen LogP contribution in [0.1, 0.15) is 0 Å². The van der Waals surface area contributed by atoms with Crippen molar-refractivity contribution in [1.29, 1.82) is 0 Å². The normalized spacial score (nSPS) is 9.56. The first-order valence-corrected chi connectivity index (χ1v) is 4.36. The minimum atomic E-state index is -0.504. The zero-order valence-electron chi connectivity index (χ0n) is 7.75. The van der Waals surface area contributed by atoms with E-state index in [1.54, 1.807) is 0 Å². The molecule has 6 nitrogen and oxygen atoms in total. The van der Waals surface area contributed by atoms with Gasteiger partial charge in [-0.15, -0.1) is 12.4 Å². The molecule has 0 spiro atoms. The first-order chi connectivity index (χ1) is 7.18. The fourth-order valence-corrected chi connectivity index (χ4v) is 1.41. The van der Waals surface area contributed by atoms with Crippen LogP contribution in [0.4, 0.5) is 5.69 Å². The molecule has 0 saturated carbocycles. The van der Waals surface area contributed by atoms with Crippen LogP contribution >= 0.6 is 24.0 Å². The van der Waals surface area contributed by atoms with Gasteiger partial charge >= 0.3 is 0 Å². The zero-order chi connectivity index (χ0) is 10.8. The molecular formula is C8H6Cl2N4O2. The van der Waals surface area contributed by atoms with Gasteiger partial charge in [0.15, 0.2) is 5.82 Å². The summed E-state index contributed by atoms with van der Waals surface area (Å²) < 4.78 is 0. The van der Waals surface area contributed by atoms with Crippen molar-refractivity contribution >= 4 is 29.7 Å². The van der Waals surface area contributed by atoms with E-state index in [-0.39, 0.29) is 23.1 Å². The van der Waals surface area contributed by atoms with E-state index in [1.807, 2.05) is 0 Å². The van der Waals surface area contributed by atoms with Gasteiger partial charge in [0.05, 0.1) is 9.95 Å². The number of aromatic amines is 1. The molecular weight excluding hydrogens is 255 g/mol. The summed E-state index contributed by atoms with van der Waals surface area (Å²) in [4.78, 5) is 13.9. The zero-order valence-corrected chi connectivity index (χ0v) is 9.33. The number of hydrogen-bond acceptors (Lipinski definition) is 4. The van der Waals surface area contributed by atoms with Crippen molar-refractivity contribution in [3.8, 4) is 11.4 Å². The fraction of sp³-hybridized carbons (Fsp3) is 0. The molecule has 0 bridgehead atoms. The van der Waals surface area contributed by atoms with Crippen LogP contribution in [0.3, 0.4) is 0 Å². The minimum Gasteiger partial charge on any atom is -0.259 e. The second kappa shape index (κ2) is 4.91. The number of nitrogens with zero attached hydrogens (tertiary/aromatic N) is 3. The summed E-state index contributed by atoms with van der Waals surface area (Å²) in [6.07, 6.45) is 1.34. The van der Waals surface area contributed by atoms with Crippen molar-refractivity contribution in [2.75, 3.05) is 0 Å². The lowest BCUT2D eigenvalue weighted by Gasteiger charge is -1.99. The Balaban J connectivity index is 0.00000128. The predicted octanol–water partition coefficient (Wildman–Crippen LogP) is 2.46. The van der Waals surface area contributed by atoms with Gasteiger partial charge in [-0.1, -0.05) is 11.6 Å². The smallest absolute Gasteiger partial charge is 0.259 e. The Morgan fingerprint density at radius 2 is 2.19 bits per heavy atom. The van der Waals surface area contributed by atoms with Crippen LogP contribution in [0.5, 0.6) is 0 Å². The monoisotopic (exact) mass is 260 g/mol. The van der Waals surface area contributed by atoms with Gasteiger partial charge < -0.3 is 0 Å². The summed E-state index contributed by atoms with van der Waals surface area (Å²) in [6.45, 7) is 0. The molecule has 1 aromatic heterocycles. The summed E-state index contributed by atoms with van der Waals surface area (Å²) >= 11 is 5.87. The van der Waals surface area contributed by atoms with Crippen molar-refractivity contribution in [1.82, 2.24) is 15.2 Å². The molecule has 2 aromatic rings. The number of non-ortho nitro benzene ring substituents is 1. The van der Waals surface area contributed by atoms with Crippen molar-refractivity contribution in [2.45, 2.75) is 0 Å². The Bertz CT molecular complexity index is 501. The Kier molecular flexibility index (Phi) is 3.81. The maximum absolute atomic E-state index is 10.5. The van der Waals surface area contributed by atoms with E-state index in [9.17, 15) is 10.1 Å². The molecule has 84 valence electrons. The van der Waals surface area contributed by atoms with E-state index >= 15 is 0 Å². The van der Waals surface area contributed by atoms with Gasteiger partial charge in [-0.25, -0.2) is 4.98 Å². The van der Waals surface area contributed by atoms with Crippen LogP contribution in [0.2, 0.25) is 5.02 Å². The third kappa shape index (κ3) is 2.29. The number of halogens is 2. The summed E-state index contributed by atoms with van der Waals surface area (Å²) in [5.41, 5.74) is 0.531. The Labute approximate surface area is 101 Å². The van der Waals surface area contributed by atoms with Crippen LogP contribution in [0.15, 0.2) is 24.5 Å². The number of benzene rings is 1. The molecule has 8 heteroatoms. The largest absolute Gasteiger partial charge is 0.270 e. The van der Waals surface area contributed by atoms with Gasteiger partial charge in [-0.05, 0) is 6.07 Å². The number of nitro benzene ring substituents is 1. The molecule has 2 rings (SSSR count). The highest BCUT2D eigenvalue weighted by Gasteiger charge is 2.11. The number of aromatic nitrogens is 3. The standard InChI is InChI=1S/C8H5ClN4O2.ClH/c9-7-3-5(13(14)15)1-2-6(7)8-10-4-11-12-8;/h1-4H,(H,10,11,12);1H. The molecule has 0 atom stereocenters. The molecule has 16 heavy (non-hydrogen) atoms. The number of rotatable bonds is 2. The molecule has 0 amide bonds. The topological polar surface area (TPSA) is 84.7 Å². The molecule has 1 heterocycles. The Hall–Kier alpha value is -1.66. The fourth-order valence-electron chi connectivity index (χ4n) is 1.14. The number of nitrogens with one attached hydrogen (secondary N) is 1. The van der Waals surface area contributed by atoms with Crippen molar-refractivity contribution in [3.05, 3.63) is 39.7 Å². The van der Waals surface area contributed by atoms with E-state index in [4.69, 9.17) is 11.6 Å². The molecule has 0 aliphatic heterocycles. The van der Waals surface area contributed by atoms with E-state index in [2.05, 4.69) is 15.2 Å². The van der Waals surface area contributed by atoms with Crippen LogP contribution in [-0.4, -0.2) is 20.1 Å². The Morgan fingerprint density at radius 1 is 1.44 bits per heavy atom. The highest BCUT2D eigenvalue weighted by molar-refractivity contribution is 6.33. The lowest BCUT2D eigenvalue weighted by Crippen LogP contribution is -1.89. The lowest BCUT2D eigenvalue weighted by atomic mass is 10.2. The molecule has 0 aliphatic carbocycles. The third-order valence-electron chi connectivity index (χ3n) is 1.83. The minimum absolute atomic E-state index is 0. The van der Waals surface area contributed by atoms with Gasteiger partial charge in [-0.3, -0.25) is 15.2 Å². The second-order valence-corrected chi connectivity index (χ2v) is 3.16. The van der Waals surface area contributed by atoms with Gasteiger partial charge in [0.1, 0.15) is 6.33 Å². The number of nitro groups is 1. The van der Waals surface area contributed by atoms with Crippen LogP contribution in [0.25, 0.3) is 11.4 Å². The van der Waals surface area contributed by atoms with E-state index < -0.39 is 4.92 Å². The number of H-pyrrole nitrogens is 1. The van der Waals surface area contributed by atoms with Crippen molar-refractivity contribution in [2.24, 2.45) is 0 Å². The quantitative estimate of drug-likeness (QED) is 0.664. The highest BCUT2D eigenvalue weighted by Crippen LogP contribution is 2.28. The lowest BCUT2D eigenvalue weighted by molar-refractivity contribution is -0.384. The van der Waals surface area contributed by atoms with E-state index in [0.717, 1.165) is 0 Å². The average molecular weight is 261 g/mol. The number of hydrogen-bond donors (Lipinski definition) is 1. The predicted molar refractivity (Wildman–Crippen MR) is 60.7 cm³/mol. The van der Waals surface area contributed by atoms with E-state index in [0.29, 0.717) is 11.4 Å². The molecule has 0 saturated heterocycles. The molecule has 0 fully saturated rings. The SMILES string of the molecule is Cl.O=[N+]([O-])c1ccc(-c2ncn[nH]2)c(Cl)c1. The van der Waals surface area contributed by atoms with Crippen LogP contribution in [0, 0.1) is 10.1 Å². The molecule has 0 unspecified atom stereocenters. The van der Waals surface area contributed by atoms with Crippen LogP contribution in [-0.2, 0) is 0 Å². The Morgan fingerprint density at radius 3 is 2.69 bits per heavy atom. The molecule has 1 aromatic carbocycles. The average Bonchev–Trinajstić information content (AvgIpc) is 2.70. The summed E-state index contributed by atoms with van der Waals surface area (Å²) in [7, 11) is 0. The van der Waals surface area contributed by atoms with E-state index in [1.165, 1.54) is 24.5 Å². The van der Waals surface area contributed by atoms with Gasteiger partial charge in [0, 0.05) is 17.7 Å².